The molecule has 1 saturated heterocycles. The minimum atomic E-state index is -0.597. The van der Waals surface area contributed by atoms with E-state index < -0.39 is 5.72 Å². The lowest BCUT2D eigenvalue weighted by Gasteiger charge is -2.52. The van der Waals surface area contributed by atoms with Crippen molar-refractivity contribution in [3.63, 3.8) is 0 Å². The molecule has 0 spiro atoms. The molecule has 2 aromatic rings. The highest BCUT2D eigenvalue weighted by atomic mass is 32.1. The van der Waals surface area contributed by atoms with Crippen LogP contribution in [0.2, 0.25) is 0 Å². The SMILES string of the molecule is CCOc1ccc(N2C(=S)NC3CC2(C)Oc2c(OCC)cccc23)cc1. The quantitative estimate of drug-likeness (QED) is 0.770. The van der Waals surface area contributed by atoms with E-state index in [0.717, 1.165) is 34.9 Å². The predicted molar refractivity (Wildman–Crippen MR) is 110 cm³/mol. The minimum absolute atomic E-state index is 0.102. The number of nitrogens with zero attached hydrogens (tertiary/aromatic N) is 1. The highest BCUT2D eigenvalue weighted by molar-refractivity contribution is 7.80. The van der Waals surface area contributed by atoms with E-state index in [1.807, 2.05) is 55.1 Å². The maximum Gasteiger partial charge on any atom is 0.188 e. The molecule has 2 aromatic carbocycles. The summed E-state index contributed by atoms with van der Waals surface area (Å²) in [4.78, 5) is 2.04. The van der Waals surface area contributed by atoms with Crippen molar-refractivity contribution in [3.8, 4) is 17.2 Å². The Balaban J connectivity index is 1.72. The van der Waals surface area contributed by atoms with Crippen LogP contribution in [0, 0.1) is 0 Å². The molecule has 0 saturated carbocycles. The molecule has 2 aliphatic rings. The van der Waals surface area contributed by atoms with Crippen LogP contribution in [0.4, 0.5) is 5.69 Å². The maximum atomic E-state index is 6.53. The normalized spacial score (nSPS) is 23.1. The minimum Gasteiger partial charge on any atom is -0.494 e. The molecule has 4 rings (SSSR count). The smallest absolute Gasteiger partial charge is 0.188 e. The predicted octanol–water partition coefficient (Wildman–Crippen LogP) is 4.42. The number of thiocarbonyl (C=S) groups is 1. The fourth-order valence-corrected chi connectivity index (χ4v) is 4.32. The van der Waals surface area contributed by atoms with Crippen molar-refractivity contribution < 1.29 is 14.2 Å². The lowest BCUT2D eigenvalue weighted by Crippen LogP contribution is -2.65. The summed E-state index contributed by atoms with van der Waals surface area (Å²) in [7, 11) is 0. The third-order valence-electron chi connectivity index (χ3n) is 4.97. The standard InChI is InChI=1S/C21H24N2O3S/c1-4-24-15-11-9-14(10-12-15)23-20(27)22-17-13-21(23,3)26-19-16(17)7-6-8-18(19)25-5-2/h6-12,17H,4-5,13H2,1-3H3,(H,22,27). The average Bonchev–Trinajstić information content (AvgIpc) is 2.64. The van der Waals surface area contributed by atoms with Crippen LogP contribution in [0.25, 0.3) is 0 Å². The second-order valence-electron chi connectivity index (χ2n) is 6.85. The van der Waals surface area contributed by atoms with Gasteiger partial charge in [-0.2, -0.15) is 0 Å². The first-order valence-electron chi connectivity index (χ1n) is 9.34. The van der Waals surface area contributed by atoms with Crippen molar-refractivity contribution in [2.24, 2.45) is 0 Å². The van der Waals surface area contributed by atoms with Gasteiger partial charge in [-0.3, -0.25) is 4.90 Å². The molecular weight excluding hydrogens is 360 g/mol. The van der Waals surface area contributed by atoms with Gasteiger partial charge in [0.15, 0.2) is 22.3 Å². The molecule has 27 heavy (non-hydrogen) atoms. The molecule has 2 aliphatic heterocycles. The summed E-state index contributed by atoms with van der Waals surface area (Å²) in [5, 5.41) is 4.14. The van der Waals surface area contributed by atoms with E-state index in [4.69, 9.17) is 26.4 Å². The number of benzene rings is 2. The zero-order valence-corrected chi connectivity index (χ0v) is 16.6. The number of hydrogen-bond donors (Lipinski definition) is 1. The summed E-state index contributed by atoms with van der Waals surface area (Å²) in [6.07, 6.45) is 0.781. The molecule has 2 bridgehead atoms. The van der Waals surface area contributed by atoms with Crippen LogP contribution in [-0.4, -0.2) is 24.1 Å². The van der Waals surface area contributed by atoms with Crippen LogP contribution in [-0.2, 0) is 0 Å². The fraction of sp³-hybridized carbons (Fsp3) is 0.381. The van der Waals surface area contributed by atoms with Crippen molar-refractivity contribution in [1.29, 1.82) is 0 Å². The molecule has 142 valence electrons. The van der Waals surface area contributed by atoms with Gasteiger partial charge in [0.1, 0.15) is 5.75 Å². The number of rotatable bonds is 5. The molecule has 1 N–H and O–H groups in total. The Bertz CT molecular complexity index is 855. The van der Waals surface area contributed by atoms with Gasteiger partial charge in [-0.05, 0) is 63.3 Å². The van der Waals surface area contributed by atoms with Crippen molar-refractivity contribution in [1.82, 2.24) is 5.32 Å². The lowest BCUT2D eigenvalue weighted by atomic mass is 9.90. The molecule has 5 nitrogen and oxygen atoms in total. The van der Waals surface area contributed by atoms with E-state index >= 15 is 0 Å². The monoisotopic (exact) mass is 384 g/mol. The molecule has 2 atom stereocenters. The summed E-state index contributed by atoms with van der Waals surface area (Å²) >= 11 is 5.70. The van der Waals surface area contributed by atoms with Gasteiger partial charge in [0, 0.05) is 17.7 Å². The third-order valence-corrected chi connectivity index (χ3v) is 5.27. The number of nitrogens with one attached hydrogen (secondary N) is 1. The Morgan fingerprint density at radius 3 is 2.59 bits per heavy atom. The van der Waals surface area contributed by atoms with E-state index in [1.54, 1.807) is 0 Å². The molecule has 2 unspecified atom stereocenters. The first-order chi connectivity index (χ1) is 13.1. The van der Waals surface area contributed by atoms with E-state index in [9.17, 15) is 0 Å². The largest absolute Gasteiger partial charge is 0.494 e. The summed E-state index contributed by atoms with van der Waals surface area (Å²) in [6.45, 7) is 7.26. The second kappa shape index (κ2) is 6.93. The maximum absolute atomic E-state index is 6.53. The average molecular weight is 385 g/mol. The Morgan fingerprint density at radius 2 is 1.89 bits per heavy atom. The van der Waals surface area contributed by atoms with Gasteiger partial charge in [0.25, 0.3) is 0 Å². The summed E-state index contributed by atoms with van der Waals surface area (Å²) < 4.78 is 17.9. The van der Waals surface area contributed by atoms with Gasteiger partial charge in [0.05, 0.1) is 19.3 Å². The summed E-state index contributed by atoms with van der Waals surface area (Å²) in [6, 6.07) is 14.1. The van der Waals surface area contributed by atoms with Gasteiger partial charge in [-0.1, -0.05) is 12.1 Å². The first-order valence-corrected chi connectivity index (χ1v) is 9.75. The van der Waals surface area contributed by atoms with E-state index in [1.165, 1.54) is 0 Å². The number of para-hydroxylation sites is 1. The van der Waals surface area contributed by atoms with Crippen molar-refractivity contribution in [2.75, 3.05) is 18.1 Å². The molecule has 0 aromatic heterocycles. The Labute approximate surface area is 165 Å². The molecule has 0 aliphatic carbocycles. The fourth-order valence-electron chi connectivity index (χ4n) is 3.88. The van der Waals surface area contributed by atoms with Crippen LogP contribution in [0.3, 0.4) is 0 Å². The number of ether oxygens (including phenoxy) is 3. The molecule has 1 fully saturated rings. The molecule has 6 heteroatoms. The zero-order chi connectivity index (χ0) is 19.0. The molecule has 0 radical (unpaired) electrons. The molecule has 2 heterocycles. The van der Waals surface area contributed by atoms with Crippen molar-refractivity contribution in [3.05, 3.63) is 48.0 Å². The van der Waals surface area contributed by atoms with Crippen LogP contribution < -0.4 is 24.4 Å². The van der Waals surface area contributed by atoms with Crippen molar-refractivity contribution in [2.45, 2.75) is 39.0 Å². The van der Waals surface area contributed by atoms with Crippen LogP contribution >= 0.6 is 12.2 Å². The van der Waals surface area contributed by atoms with Gasteiger partial charge in [-0.25, -0.2) is 0 Å². The summed E-state index contributed by atoms with van der Waals surface area (Å²) in [5.41, 5.74) is 1.46. The Morgan fingerprint density at radius 1 is 1.15 bits per heavy atom. The molecule has 0 amide bonds. The lowest BCUT2D eigenvalue weighted by molar-refractivity contribution is 0.0457. The van der Waals surface area contributed by atoms with Gasteiger partial charge in [-0.15, -0.1) is 0 Å². The van der Waals surface area contributed by atoms with Crippen molar-refractivity contribution >= 4 is 23.0 Å². The van der Waals surface area contributed by atoms with E-state index in [0.29, 0.717) is 18.3 Å². The number of fused-ring (bicyclic) bond motifs is 4. The number of hydrogen-bond acceptors (Lipinski definition) is 4. The van der Waals surface area contributed by atoms with Crippen LogP contribution in [0.1, 0.15) is 38.8 Å². The number of anilines is 1. The van der Waals surface area contributed by atoms with Gasteiger partial charge < -0.3 is 19.5 Å². The zero-order valence-electron chi connectivity index (χ0n) is 15.8. The third kappa shape index (κ3) is 3.08. The Kier molecular flexibility index (Phi) is 4.60. The van der Waals surface area contributed by atoms with Crippen LogP contribution in [0.5, 0.6) is 17.2 Å². The summed E-state index contributed by atoms with van der Waals surface area (Å²) in [5.74, 6) is 2.41. The van der Waals surface area contributed by atoms with E-state index in [2.05, 4.69) is 18.3 Å². The highest BCUT2D eigenvalue weighted by Crippen LogP contribution is 2.49. The first kappa shape index (κ1) is 17.9. The second-order valence-corrected chi connectivity index (χ2v) is 7.24. The van der Waals surface area contributed by atoms with Gasteiger partial charge >= 0.3 is 0 Å². The molecular formula is C21H24N2O3S. The topological polar surface area (TPSA) is 43.0 Å². The Hall–Kier alpha value is -2.47. The highest BCUT2D eigenvalue weighted by Gasteiger charge is 2.49. The van der Waals surface area contributed by atoms with Crippen LogP contribution in [0.15, 0.2) is 42.5 Å². The van der Waals surface area contributed by atoms with Gasteiger partial charge in [0.2, 0.25) is 0 Å². The van der Waals surface area contributed by atoms with E-state index in [-0.39, 0.29) is 6.04 Å².